The highest BCUT2D eigenvalue weighted by atomic mass is 14.4. The lowest BCUT2D eigenvalue weighted by atomic mass is 9.85. The Balaban J connectivity index is 0.000000461. The molecule has 0 spiro atoms. The molecule has 0 saturated carbocycles. The van der Waals surface area contributed by atoms with E-state index in [0.29, 0.717) is 0 Å². The first-order valence-electron chi connectivity index (χ1n) is 4.53. The van der Waals surface area contributed by atoms with E-state index < -0.39 is 0 Å². The minimum Gasteiger partial charge on any atom is -0.333 e. The van der Waals surface area contributed by atoms with Crippen LogP contribution in [0, 0.1) is 11.8 Å². The smallest absolute Gasteiger partial charge is 0.0195 e. The average molecular weight is 155 g/mol. The van der Waals surface area contributed by atoms with Crippen LogP contribution in [0.25, 0.3) is 0 Å². The van der Waals surface area contributed by atoms with E-state index in [1.807, 2.05) is 0 Å². The van der Waals surface area contributed by atoms with Gasteiger partial charge in [-0.2, -0.15) is 0 Å². The molecule has 1 atom stereocenters. The molecule has 1 aliphatic rings. The van der Waals surface area contributed by atoms with Crippen molar-refractivity contribution >= 4 is 0 Å². The van der Waals surface area contributed by atoms with Gasteiger partial charge in [-0.1, -0.05) is 26.0 Å². The maximum absolute atomic E-state index is 4.50. The van der Waals surface area contributed by atoms with Gasteiger partial charge in [0.1, 0.15) is 0 Å². The van der Waals surface area contributed by atoms with Crippen molar-refractivity contribution in [2.45, 2.75) is 33.1 Å². The molecule has 11 heavy (non-hydrogen) atoms. The molecule has 1 nitrogen and oxygen atoms in total. The molecule has 0 aromatic rings. The third kappa shape index (κ3) is 4.20. The fourth-order valence-corrected chi connectivity index (χ4v) is 1.42. The first-order valence-corrected chi connectivity index (χ1v) is 4.53. The second-order valence-electron chi connectivity index (χ2n) is 3.29. The molecule has 0 aromatic heterocycles. The van der Waals surface area contributed by atoms with Crippen LogP contribution in [0.5, 0.6) is 0 Å². The van der Waals surface area contributed by atoms with Gasteiger partial charge in [0.2, 0.25) is 0 Å². The van der Waals surface area contributed by atoms with Crippen LogP contribution in [0.4, 0.5) is 0 Å². The quantitative estimate of drug-likeness (QED) is 0.579. The van der Waals surface area contributed by atoms with Crippen LogP contribution < -0.4 is 5.73 Å². The van der Waals surface area contributed by atoms with Gasteiger partial charge in [-0.3, -0.25) is 0 Å². The highest BCUT2D eigenvalue weighted by Gasteiger charge is 2.12. The molecule has 2 N–H and O–H groups in total. The zero-order chi connectivity index (χ0) is 8.69. The van der Waals surface area contributed by atoms with Crippen molar-refractivity contribution in [3.8, 4) is 0 Å². The summed E-state index contributed by atoms with van der Waals surface area (Å²) >= 11 is 0. The summed E-state index contributed by atoms with van der Waals surface area (Å²) in [5.74, 6) is 1.85. The number of rotatable bonds is 1. The summed E-state index contributed by atoms with van der Waals surface area (Å²) in [4.78, 5) is 0. The molecule has 1 unspecified atom stereocenters. The Morgan fingerprint density at radius 2 is 1.91 bits per heavy atom. The Kier molecular flexibility index (Phi) is 6.24. The minimum atomic E-state index is 0.884. The molecule has 0 heterocycles. The molecule has 1 heteroatoms. The molecular formula is C10H21N. The maximum atomic E-state index is 4.50. The predicted molar refractivity (Wildman–Crippen MR) is 51.4 cm³/mol. The predicted octanol–water partition coefficient (Wildman–Crippen LogP) is 2.57. The Morgan fingerprint density at radius 1 is 1.27 bits per heavy atom. The molecule has 0 aliphatic heterocycles. The normalized spacial score (nSPS) is 22.8. The van der Waals surface area contributed by atoms with Crippen molar-refractivity contribution in [1.29, 1.82) is 0 Å². The summed E-state index contributed by atoms with van der Waals surface area (Å²) in [5.41, 5.74) is 4.50. The molecule has 0 bridgehead atoms. The standard InChI is InChI=1S/C9H16.CH5N/c1-8(2)9-6-4-3-5-7-9;1-2/h3-4,8-9H,5-7H2,1-2H3;2H2,1H3. The molecule has 1 rings (SSSR count). The Hall–Kier alpha value is -0.300. The lowest BCUT2D eigenvalue weighted by Crippen LogP contribution is -2.09. The highest BCUT2D eigenvalue weighted by Crippen LogP contribution is 2.24. The number of allylic oxidation sites excluding steroid dienone is 2. The number of hydrogen-bond acceptors (Lipinski definition) is 1. The zero-order valence-electron chi connectivity index (χ0n) is 8.01. The summed E-state index contributed by atoms with van der Waals surface area (Å²) in [6.07, 6.45) is 8.67. The Morgan fingerprint density at radius 3 is 2.18 bits per heavy atom. The van der Waals surface area contributed by atoms with Crippen molar-refractivity contribution in [1.82, 2.24) is 0 Å². The lowest BCUT2D eigenvalue weighted by molar-refractivity contribution is 0.356. The molecule has 0 saturated heterocycles. The summed E-state index contributed by atoms with van der Waals surface area (Å²) in [7, 11) is 1.50. The van der Waals surface area contributed by atoms with Crippen LogP contribution in [0.15, 0.2) is 12.2 Å². The van der Waals surface area contributed by atoms with Crippen LogP contribution in [0.3, 0.4) is 0 Å². The summed E-state index contributed by atoms with van der Waals surface area (Å²) in [5, 5.41) is 0. The molecule has 66 valence electrons. The van der Waals surface area contributed by atoms with Crippen LogP contribution in [-0.2, 0) is 0 Å². The monoisotopic (exact) mass is 155 g/mol. The van der Waals surface area contributed by atoms with Gasteiger partial charge in [-0.15, -0.1) is 0 Å². The largest absolute Gasteiger partial charge is 0.333 e. The lowest BCUT2D eigenvalue weighted by Gasteiger charge is -2.20. The second kappa shape index (κ2) is 6.41. The van der Waals surface area contributed by atoms with Crippen LogP contribution in [0.1, 0.15) is 33.1 Å². The van der Waals surface area contributed by atoms with E-state index in [4.69, 9.17) is 0 Å². The average Bonchev–Trinajstić information content (AvgIpc) is 2.10. The van der Waals surface area contributed by atoms with Gasteiger partial charge >= 0.3 is 0 Å². The van der Waals surface area contributed by atoms with Gasteiger partial charge in [-0.25, -0.2) is 0 Å². The van der Waals surface area contributed by atoms with Gasteiger partial charge in [0.25, 0.3) is 0 Å². The van der Waals surface area contributed by atoms with E-state index in [-0.39, 0.29) is 0 Å². The third-order valence-electron chi connectivity index (χ3n) is 2.25. The molecule has 0 radical (unpaired) electrons. The number of nitrogens with two attached hydrogens (primary N) is 1. The first kappa shape index (κ1) is 10.7. The fourth-order valence-electron chi connectivity index (χ4n) is 1.42. The van der Waals surface area contributed by atoms with E-state index in [2.05, 4.69) is 31.7 Å². The van der Waals surface area contributed by atoms with Gasteiger partial charge in [0.15, 0.2) is 0 Å². The third-order valence-corrected chi connectivity index (χ3v) is 2.25. The van der Waals surface area contributed by atoms with Crippen LogP contribution >= 0.6 is 0 Å². The Bertz CT molecular complexity index is 105. The summed E-state index contributed by atoms with van der Waals surface area (Å²) in [6.45, 7) is 4.65. The van der Waals surface area contributed by atoms with Gasteiger partial charge in [-0.05, 0) is 38.1 Å². The summed E-state index contributed by atoms with van der Waals surface area (Å²) < 4.78 is 0. The van der Waals surface area contributed by atoms with Crippen LogP contribution in [-0.4, -0.2) is 7.05 Å². The molecular weight excluding hydrogens is 134 g/mol. The van der Waals surface area contributed by atoms with Gasteiger partial charge < -0.3 is 5.73 Å². The summed E-state index contributed by atoms with van der Waals surface area (Å²) in [6, 6.07) is 0. The van der Waals surface area contributed by atoms with E-state index in [0.717, 1.165) is 11.8 Å². The van der Waals surface area contributed by atoms with E-state index >= 15 is 0 Å². The zero-order valence-corrected chi connectivity index (χ0v) is 8.01. The van der Waals surface area contributed by atoms with Crippen molar-refractivity contribution in [2.24, 2.45) is 17.6 Å². The Labute approximate surface area is 70.7 Å². The molecule has 0 fully saturated rings. The topological polar surface area (TPSA) is 26.0 Å². The van der Waals surface area contributed by atoms with Crippen LogP contribution in [0.2, 0.25) is 0 Å². The van der Waals surface area contributed by atoms with E-state index in [9.17, 15) is 0 Å². The second-order valence-corrected chi connectivity index (χ2v) is 3.29. The highest BCUT2D eigenvalue weighted by molar-refractivity contribution is 4.90. The van der Waals surface area contributed by atoms with E-state index in [1.54, 1.807) is 0 Å². The van der Waals surface area contributed by atoms with Crippen molar-refractivity contribution in [3.05, 3.63) is 12.2 Å². The SMILES string of the molecule is CC(C)C1CC=CCC1.CN. The number of hydrogen-bond donors (Lipinski definition) is 1. The molecule has 1 aliphatic carbocycles. The minimum absolute atomic E-state index is 0.884. The van der Waals surface area contributed by atoms with Gasteiger partial charge in [0, 0.05) is 0 Å². The first-order chi connectivity index (χ1) is 5.30. The maximum Gasteiger partial charge on any atom is -0.0195 e. The van der Waals surface area contributed by atoms with Gasteiger partial charge in [0.05, 0.1) is 0 Å². The van der Waals surface area contributed by atoms with Crippen molar-refractivity contribution in [3.63, 3.8) is 0 Å². The fraction of sp³-hybridized carbons (Fsp3) is 0.800. The molecule has 0 amide bonds. The van der Waals surface area contributed by atoms with Crippen molar-refractivity contribution < 1.29 is 0 Å². The van der Waals surface area contributed by atoms with E-state index in [1.165, 1.54) is 26.3 Å². The van der Waals surface area contributed by atoms with Crippen molar-refractivity contribution in [2.75, 3.05) is 7.05 Å². The molecule has 0 aromatic carbocycles.